The maximum Gasteiger partial charge on any atom is 0.338 e. The number of ether oxygens (including phenoxy) is 1. The molecule has 0 spiro atoms. The number of carbonyl (C=O) groups is 1. The first-order chi connectivity index (χ1) is 9.35. The molecule has 9 heteroatoms. The maximum absolute atomic E-state index is 12.1. The van der Waals surface area contributed by atoms with Crippen LogP contribution in [0, 0.1) is 10.1 Å². The lowest BCUT2D eigenvalue weighted by atomic mass is 10.1. The van der Waals surface area contributed by atoms with Crippen LogP contribution in [0.4, 0.5) is 14.5 Å². The molecule has 0 aliphatic heterocycles. The first kappa shape index (κ1) is 15.6. The van der Waals surface area contributed by atoms with Crippen molar-refractivity contribution in [3.63, 3.8) is 0 Å². The quantitative estimate of drug-likeness (QED) is 0.487. The highest BCUT2D eigenvalue weighted by Crippen LogP contribution is 2.27. The van der Waals surface area contributed by atoms with E-state index < -0.39 is 24.1 Å². The van der Waals surface area contributed by atoms with Gasteiger partial charge in [0.15, 0.2) is 0 Å². The third-order valence-corrected chi connectivity index (χ3v) is 2.36. The van der Waals surface area contributed by atoms with Gasteiger partial charge in [0.1, 0.15) is 12.4 Å². The second kappa shape index (κ2) is 6.64. The van der Waals surface area contributed by atoms with Crippen molar-refractivity contribution in [2.45, 2.75) is 19.8 Å². The maximum atomic E-state index is 12.1. The number of benzene rings is 1. The Morgan fingerprint density at radius 1 is 1.50 bits per heavy atom. The van der Waals surface area contributed by atoms with Crippen LogP contribution in [0.5, 0.6) is 5.75 Å². The summed E-state index contributed by atoms with van der Waals surface area (Å²) >= 11 is 0. The van der Waals surface area contributed by atoms with Gasteiger partial charge in [0.25, 0.3) is 6.43 Å². The van der Waals surface area contributed by atoms with Crippen molar-refractivity contribution in [2.24, 2.45) is 0 Å². The number of aryl methyl sites for hydroxylation is 1. The molecule has 0 unspecified atom stereocenters. The minimum atomic E-state index is -2.76. The van der Waals surface area contributed by atoms with Crippen LogP contribution in [-0.4, -0.2) is 24.1 Å². The molecule has 0 bridgehead atoms. The van der Waals surface area contributed by atoms with E-state index in [1.807, 2.05) is 0 Å². The van der Waals surface area contributed by atoms with Crippen LogP contribution < -0.4 is 10.5 Å². The summed E-state index contributed by atoms with van der Waals surface area (Å²) in [5.74, 6) is -1.60. The van der Waals surface area contributed by atoms with Crippen molar-refractivity contribution in [3.8, 4) is 5.75 Å². The van der Waals surface area contributed by atoms with Gasteiger partial charge in [-0.05, 0) is 18.1 Å². The zero-order valence-corrected chi connectivity index (χ0v) is 10.5. The van der Waals surface area contributed by atoms with Gasteiger partial charge >= 0.3 is 11.1 Å². The number of nitrogens with two attached hydrogens (primary N) is 1. The van der Waals surface area contributed by atoms with Crippen LogP contribution in [0.15, 0.2) is 12.1 Å². The largest absolute Gasteiger partial charge is 0.487 e. The third kappa shape index (κ3) is 4.04. The molecule has 0 heterocycles. The molecule has 1 aromatic rings. The summed E-state index contributed by atoms with van der Waals surface area (Å²) in [4.78, 5) is 25.5. The summed E-state index contributed by atoms with van der Waals surface area (Å²) in [7, 11) is 0. The molecule has 0 radical (unpaired) electrons. The molecule has 1 aromatic carbocycles. The van der Waals surface area contributed by atoms with Crippen molar-refractivity contribution < 1.29 is 28.2 Å². The molecule has 110 valence electrons. The number of anilines is 1. The predicted octanol–water partition coefficient (Wildman–Crippen LogP) is 1.82. The van der Waals surface area contributed by atoms with E-state index in [4.69, 9.17) is 10.5 Å². The minimum Gasteiger partial charge on any atom is -0.487 e. The van der Waals surface area contributed by atoms with E-state index in [9.17, 15) is 23.7 Å². The normalized spacial score (nSPS) is 10.4. The minimum absolute atomic E-state index is 0.231. The summed E-state index contributed by atoms with van der Waals surface area (Å²) in [6, 6.07) is 2.39. The van der Waals surface area contributed by atoms with E-state index in [2.05, 4.69) is 4.84 Å². The first-order valence-electron chi connectivity index (χ1n) is 5.55. The fraction of sp³-hybridized carbons (Fsp3) is 0.364. The number of hydrogen-bond donors (Lipinski definition) is 1. The summed E-state index contributed by atoms with van der Waals surface area (Å²) < 4.78 is 29.0. The zero-order chi connectivity index (χ0) is 15.3. The number of carbonyl (C=O) groups excluding carboxylic acids is 1. The second-order valence-electron chi connectivity index (χ2n) is 3.71. The Morgan fingerprint density at radius 2 is 2.15 bits per heavy atom. The molecule has 0 saturated heterocycles. The van der Waals surface area contributed by atoms with Gasteiger partial charge in [0.05, 0.1) is 5.56 Å². The highest BCUT2D eigenvalue weighted by Gasteiger charge is 2.20. The first-order valence-corrected chi connectivity index (χ1v) is 5.55. The Labute approximate surface area is 112 Å². The summed E-state index contributed by atoms with van der Waals surface area (Å²) in [6.07, 6.45) is -2.32. The number of hydrogen-bond acceptors (Lipinski definition) is 6. The van der Waals surface area contributed by atoms with Gasteiger partial charge in [-0.3, -0.25) is 4.79 Å². The fourth-order valence-corrected chi connectivity index (χ4v) is 1.50. The van der Waals surface area contributed by atoms with E-state index >= 15 is 0 Å². The van der Waals surface area contributed by atoms with Crippen molar-refractivity contribution >= 4 is 11.7 Å². The molecule has 20 heavy (non-hydrogen) atoms. The van der Waals surface area contributed by atoms with E-state index in [1.165, 1.54) is 6.07 Å². The van der Waals surface area contributed by atoms with Crippen molar-refractivity contribution in [1.29, 1.82) is 0 Å². The second-order valence-corrected chi connectivity index (χ2v) is 3.71. The van der Waals surface area contributed by atoms with Crippen molar-refractivity contribution in [1.82, 2.24) is 0 Å². The molecule has 2 N–H and O–H groups in total. The smallest absolute Gasteiger partial charge is 0.338 e. The zero-order valence-electron chi connectivity index (χ0n) is 10.5. The molecule has 0 fully saturated rings. The Balaban J connectivity index is 3.15. The summed E-state index contributed by atoms with van der Waals surface area (Å²) in [5, 5.41) is 8.87. The Bertz CT molecular complexity index is 522. The average molecular weight is 290 g/mol. The van der Waals surface area contributed by atoms with E-state index in [0.717, 1.165) is 6.07 Å². The lowest BCUT2D eigenvalue weighted by Gasteiger charge is -2.13. The van der Waals surface area contributed by atoms with E-state index in [1.54, 1.807) is 6.92 Å². The standard InChI is InChI=1S/C11H12F2N2O5/c1-2-6-3-7(11(16)20-15(17)18)9(4-8(6)14)19-5-10(12)13/h3-4,10H,2,5,14H2,1H3. The Kier molecular flexibility index (Phi) is 5.18. The number of nitrogens with zero attached hydrogens (tertiary/aromatic N) is 1. The molecule has 0 aliphatic rings. The van der Waals surface area contributed by atoms with Crippen molar-refractivity contribution in [3.05, 3.63) is 33.4 Å². The summed E-state index contributed by atoms with van der Waals surface area (Å²) in [5.41, 5.74) is 6.08. The Morgan fingerprint density at radius 3 is 2.65 bits per heavy atom. The molecule has 0 atom stereocenters. The van der Waals surface area contributed by atoms with Gasteiger partial charge < -0.3 is 10.5 Å². The van der Waals surface area contributed by atoms with Crippen LogP contribution in [0.3, 0.4) is 0 Å². The fourth-order valence-electron chi connectivity index (χ4n) is 1.50. The van der Waals surface area contributed by atoms with Crippen LogP contribution in [0.25, 0.3) is 0 Å². The molecular weight excluding hydrogens is 278 g/mol. The molecule has 0 saturated carbocycles. The van der Waals surface area contributed by atoms with Gasteiger partial charge in [-0.15, -0.1) is 10.1 Å². The molecular formula is C11H12F2N2O5. The van der Waals surface area contributed by atoms with Crippen LogP contribution in [-0.2, 0) is 11.3 Å². The highest BCUT2D eigenvalue weighted by molar-refractivity contribution is 5.93. The van der Waals surface area contributed by atoms with Crippen LogP contribution >= 0.6 is 0 Å². The van der Waals surface area contributed by atoms with Crippen molar-refractivity contribution in [2.75, 3.05) is 12.3 Å². The number of nitrogen functional groups attached to an aromatic ring is 1. The number of halogens is 2. The molecule has 0 aromatic heterocycles. The number of rotatable bonds is 6. The Hall–Kier alpha value is -2.45. The third-order valence-electron chi connectivity index (χ3n) is 2.36. The van der Waals surface area contributed by atoms with Gasteiger partial charge in [-0.2, -0.15) is 0 Å². The van der Waals surface area contributed by atoms with E-state index in [-0.39, 0.29) is 17.0 Å². The summed E-state index contributed by atoms with van der Waals surface area (Å²) in [6.45, 7) is 0.775. The highest BCUT2D eigenvalue weighted by atomic mass is 19.3. The lowest BCUT2D eigenvalue weighted by Crippen LogP contribution is -2.15. The van der Waals surface area contributed by atoms with Gasteiger partial charge in [0, 0.05) is 11.8 Å². The molecule has 0 amide bonds. The van der Waals surface area contributed by atoms with Gasteiger partial charge in [0.2, 0.25) is 0 Å². The SMILES string of the molecule is CCc1cc(C(=O)O[N+](=O)[O-])c(OCC(F)F)cc1N. The predicted molar refractivity (Wildman–Crippen MR) is 64.1 cm³/mol. The molecule has 7 nitrogen and oxygen atoms in total. The molecule has 0 aliphatic carbocycles. The average Bonchev–Trinajstić information content (AvgIpc) is 2.35. The van der Waals surface area contributed by atoms with E-state index in [0.29, 0.717) is 12.0 Å². The topological polar surface area (TPSA) is 105 Å². The monoisotopic (exact) mass is 290 g/mol. The van der Waals surface area contributed by atoms with Crippen LogP contribution in [0.2, 0.25) is 0 Å². The van der Waals surface area contributed by atoms with Crippen LogP contribution in [0.1, 0.15) is 22.8 Å². The lowest BCUT2D eigenvalue weighted by molar-refractivity contribution is -0.727. The number of alkyl halides is 2. The van der Waals surface area contributed by atoms with Gasteiger partial charge in [-0.1, -0.05) is 6.92 Å². The van der Waals surface area contributed by atoms with Gasteiger partial charge in [-0.25, -0.2) is 13.6 Å². The molecule has 1 rings (SSSR count).